The zero-order valence-corrected chi connectivity index (χ0v) is 6.55. The fraction of sp³-hybridized carbons (Fsp3) is 0.625. The van der Waals surface area contributed by atoms with Gasteiger partial charge in [0.15, 0.2) is 0 Å². The molecule has 0 radical (unpaired) electrons. The topological polar surface area (TPSA) is 20.3 Å². The highest BCUT2D eigenvalue weighted by Gasteiger charge is 1.95. The monoisotopic (exact) mass is 141 g/mol. The summed E-state index contributed by atoms with van der Waals surface area (Å²) < 4.78 is 0. The number of rotatable bonds is 6. The Bertz CT molecular complexity index is 101. The molecule has 0 heterocycles. The van der Waals surface area contributed by atoms with E-state index in [4.69, 9.17) is 0 Å². The number of carbonyl (C=O) groups is 1. The van der Waals surface area contributed by atoms with Crippen LogP contribution in [0.1, 0.15) is 19.8 Å². The van der Waals surface area contributed by atoms with Crippen LogP contribution < -0.4 is 0 Å². The van der Waals surface area contributed by atoms with Gasteiger partial charge in [-0.25, -0.2) is 0 Å². The molecule has 1 amide bonds. The maximum atomic E-state index is 10.3. The molecule has 0 aromatic rings. The van der Waals surface area contributed by atoms with Crippen molar-refractivity contribution in [2.75, 3.05) is 13.1 Å². The molecule has 0 aliphatic carbocycles. The third-order valence-electron chi connectivity index (χ3n) is 1.28. The van der Waals surface area contributed by atoms with E-state index in [1.807, 2.05) is 6.08 Å². The minimum absolute atomic E-state index is 0.806. The molecule has 2 nitrogen and oxygen atoms in total. The van der Waals surface area contributed by atoms with Gasteiger partial charge >= 0.3 is 0 Å². The molecule has 0 fully saturated rings. The van der Waals surface area contributed by atoms with E-state index in [1.165, 1.54) is 0 Å². The maximum Gasteiger partial charge on any atom is 0.209 e. The van der Waals surface area contributed by atoms with Gasteiger partial charge in [-0.1, -0.05) is 13.0 Å². The Balaban J connectivity index is 3.38. The molecule has 0 unspecified atom stereocenters. The molecule has 0 spiro atoms. The Labute approximate surface area is 62.5 Å². The van der Waals surface area contributed by atoms with Crippen molar-refractivity contribution in [3.05, 3.63) is 12.7 Å². The minimum atomic E-state index is 0.806. The predicted molar refractivity (Wildman–Crippen MR) is 42.7 cm³/mol. The molecule has 0 aromatic carbocycles. The van der Waals surface area contributed by atoms with E-state index in [9.17, 15) is 4.79 Å². The van der Waals surface area contributed by atoms with Crippen molar-refractivity contribution in [1.29, 1.82) is 0 Å². The van der Waals surface area contributed by atoms with Gasteiger partial charge in [0.05, 0.1) is 0 Å². The normalized spacial score (nSPS) is 8.90. The molecule has 0 N–H and O–H groups in total. The lowest BCUT2D eigenvalue weighted by Gasteiger charge is -2.13. The molecule has 0 saturated carbocycles. The molecule has 0 atom stereocenters. The maximum absolute atomic E-state index is 10.3. The minimum Gasteiger partial charge on any atom is -0.345 e. The van der Waals surface area contributed by atoms with Gasteiger partial charge in [-0.3, -0.25) is 4.79 Å². The van der Waals surface area contributed by atoms with Crippen LogP contribution in [0.4, 0.5) is 0 Å². The lowest BCUT2D eigenvalue weighted by atomic mass is 10.3. The highest BCUT2D eigenvalue weighted by atomic mass is 16.1. The zero-order valence-electron chi connectivity index (χ0n) is 6.55. The van der Waals surface area contributed by atoms with Gasteiger partial charge in [0, 0.05) is 13.1 Å². The van der Waals surface area contributed by atoms with Crippen molar-refractivity contribution < 1.29 is 4.79 Å². The molecule has 0 aliphatic heterocycles. The van der Waals surface area contributed by atoms with Crippen LogP contribution in [0.15, 0.2) is 12.7 Å². The van der Waals surface area contributed by atoms with Crippen LogP contribution >= 0.6 is 0 Å². The summed E-state index contributed by atoms with van der Waals surface area (Å²) in [6, 6.07) is 0. The second kappa shape index (κ2) is 6.33. The Morgan fingerprint density at radius 2 is 2.20 bits per heavy atom. The number of carbonyl (C=O) groups excluding carboxylic acids is 1. The number of nitrogens with zero attached hydrogens (tertiary/aromatic N) is 1. The largest absolute Gasteiger partial charge is 0.345 e. The summed E-state index contributed by atoms with van der Waals surface area (Å²) in [7, 11) is 0. The Morgan fingerprint density at radius 1 is 1.50 bits per heavy atom. The van der Waals surface area contributed by atoms with Crippen LogP contribution in [0.3, 0.4) is 0 Å². The van der Waals surface area contributed by atoms with Crippen molar-refractivity contribution in [3.8, 4) is 0 Å². The third-order valence-corrected chi connectivity index (χ3v) is 1.28. The van der Waals surface area contributed by atoms with Gasteiger partial charge in [0.2, 0.25) is 6.41 Å². The van der Waals surface area contributed by atoms with Gasteiger partial charge < -0.3 is 4.90 Å². The van der Waals surface area contributed by atoms with Crippen molar-refractivity contribution in [2.45, 2.75) is 19.8 Å². The number of hydrogen-bond acceptors (Lipinski definition) is 1. The van der Waals surface area contributed by atoms with Crippen LogP contribution in [-0.2, 0) is 4.79 Å². The predicted octanol–water partition coefficient (Wildman–Crippen LogP) is 1.43. The van der Waals surface area contributed by atoms with Crippen molar-refractivity contribution in [3.63, 3.8) is 0 Å². The quantitative estimate of drug-likeness (QED) is 0.405. The summed E-state index contributed by atoms with van der Waals surface area (Å²) in [5, 5.41) is 0. The van der Waals surface area contributed by atoms with E-state index < -0.39 is 0 Å². The summed E-state index contributed by atoms with van der Waals surface area (Å²) in [6.45, 7) is 7.31. The molecule has 0 bridgehead atoms. The van der Waals surface area contributed by atoms with E-state index in [1.54, 1.807) is 4.90 Å². The molecule has 0 saturated heterocycles. The molecule has 2 heteroatoms. The molecule has 10 heavy (non-hydrogen) atoms. The van der Waals surface area contributed by atoms with Gasteiger partial charge in [-0.15, -0.1) is 6.58 Å². The molecule has 0 aliphatic rings. The van der Waals surface area contributed by atoms with E-state index in [-0.39, 0.29) is 0 Å². The lowest BCUT2D eigenvalue weighted by molar-refractivity contribution is -0.118. The smallest absolute Gasteiger partial charge is 0.209 e. The Morgan fingerprint density at radius 3 is 2.60 bits per heavy atom. The Hall–Kier alpha value is -0.790. The average molecular weight is 141 g/mol. The first-order valence-electron chi connectivity index (χ1n) is 3.65. The second-order valence-corrected chi connectivity index (χ2v) is 2.22. The fourth-order valence-corrected chi connectivity index (χ4v) is 0.762. The number of hydrogen-bond donors (Lipinski definition) is 0. The standard InChI is InChI=1S/C8H15NO/c1-3-5-7-9(8-10)6-4-2/h3,8H,1,4-7H2,2H3. The fourth-order valence-electron chi connectivity index (χ4n) is 0.762. The summed E-state index contributed by atoms with van der Waals surface area (Å²) in [5.74, 6) is 0. The second-order valence-electron chi connectivity index (χ2n) is 2.22. The SMILES string of the molecule is C=CCCN(C=O)CCC. The summed E-state index contributed by atoms with van der Waals surface area (Å²) in [6.07, 6.45) is 4.63. The van der Waals surface area contributed by atoms with Crippen LogP contribution in [0.25, 0.3) is 0 Å². The highest BCUT2D eigenvalue weighted by molar-refractivity contribution is 5.46. The van der Waals surface area contributed by atoms with Crippen LogP contribution in [0.5, 0.6) is 0 Å². The van der Waals surface area contributed by atoms with Gasteiger partial charge in [-0.05, 0) is 12.8 Å². The van der Waals surface area contributed by atoms with E-state index in [0.29, 0.717) is 0 Å². The summed E-state index contributed by atoms with van der Waals surface area (Å²) in [5.41, 5.74) is 0. The van der Waals surface area contributed by atoms with E-state index >= 15 is 0 Å². The summed E-state index contributed by atoms with van der Waals surface area (Å²) >= 11 is 0. The Kier molecular flexibility index (Phi) is 5.83. The van der Waals surface area contributed by atoms with E-state index in [2.05, 4.69) is 13.5 Å². The highest BCUT2D eigenvalue weighted by Crippen LogP contribution is 1.89. The molecule has 58 valence electrons. The molecular formula is C8H15NO. The van der Waals surface area contributed by atoms with Crippen LogP contribution in [-0.4, -0.2) is 24.4 Å². The van der Waals surface area contributed by atoms with Gasteiger partial charge in [0.25, 0.3) is 0 Å². The summed E-state index contributed by atoms with van der Waals surface area (Å²) in [4.78, 5) is 12.1. The van der Waals surface area contributed by atoms with Crippen LogP contribution in [0.2, 0.25) is 0 Å². The van der Waals surface area contributed by atoms with Crippen molar-refractivity contribution in [2.24, 2.45) is 0 Å². The van der Waals surface area contributed by atoms with Gasteiger partial charge in [0.1, 0.15) is 0 Å². The van der Waals surface area contributed by atoms with Gasteiger partial charge in [-0.2, -0.15) is 0 Å². The molecular weight excluding hydrogens is 126 g/mol. The zero-order chi connectivity index (χ0) is 7.82. The first-order chi connectivity index (χ1) is 4.85. The molecule has 0 aromatic heterocycles. The lowest BCUT2D eigenvalue weighted by Crippen LogP contribution is -2.23. The first-order valence-corrected chi connectivity index (χ1v) is 3.65. The average Bonchev–Trinajstić information content (AvgIpc) is 1.98. The van der Waals surface area contributed by atoms with E-state index in [0.717, 1.165) is 32.3 Å². The van der Waals surface area contributed by atoms with Crippen LogP contribution in [0, 0.1) is 0 Å². The molecule has 0 rings (SSSR count). The van der Waals surface area contributed by atoms with Crippen molar-refractivity contribution in [1.82, 2.24) is 4.90 Å². The third kappa shape index (κ3) is 4.13. The first kappa shape index (κ1) is 9.21. The van der Waals surface area contributed by atoms with Crippen molar-refractivity contribution >= 4 is 6.41 Å². The number of amides is 1.